The van der Waals surface area contributed by atoms with Gasteiger partial charge in [-0.25, -0.2) is 4.79 Å². The number of likely N-dealkylation sites (tertiary alicyclic amines) is 1. The smallest absolute Gasteiger partial charge is 0.410 e. The summed E-state index contributed by atoms with van der Waals surface area (Å²) in [6.45, 7) is 15.9. The van der Waals surface area contributed by atoms with E-state index in [2.05, 4.69) is 17.1 Å². The number of carbonyl (C=O) groups excluding carboxylic acids is 1. The van der Waals surface area contributed by atoms with Gasteiger partial charge in [0.25, 0.3) is 0 Å². The molecule has 188 valence electrons. The van der Waals surface area contributed by atoms with Gasteiger partial charge in [-0.2, -0.15) is 0 Å². The highest BCUT2D eigenvalue weighted by Crippen LogP contribution is 2.44. The van der Waals surface area contributed by atoms with Gasteiger partial charge in [0.1, 0.15) is 5.60 Å². The van der Waals surface area contributed by atoms with E-state index in [4.69, 9.17) is 14.5 Å². The number of halogens is 1. The van der Waals surface area contributed by atoms with Crippen LogP contribution in [0.1, 0.15) is 73.1 Å². The third kappa shape index (κ3) is 9.23. The van der Waals surface area contributed by atoms with E-state index in [-0.39, 0.29) is 30.1 Å². The zero-order valence-corrected chi connectivity index (χ0v) is 23.6. The Bertz CT molecular complexity index is 582. The SMILES string of the molecule is CCNC(=NCC1(CCOC)CCC1)N1CCC(CN(CC)C(=O)OC(C)(C)C)CC1.I. The molecule has 0 unspecified atom stereocenters. The van der Waals surface area contributed by atoms with E-state index in [0.29, 0.717) is 17.9 Å². The van der Waals surface area contributed by atoms with E-state index in [0.717, 1.165) is 64.6 Å². The summed E-state index contributed by atoms with van der Waals surface area (Å²) < 4.78 is 10.9. The lowest BCUT2D eigenvalue weighted by Gasteiger charge is -2.41. The number of nitrogens with zero attached hydrogens (tertiary/aromatic N) is 3. The van der Waals surface area contributed by atoms with Crippen molar-refractivity contribution >= 4 is 36.0 Å². The molecule has 2 aliphatic rings. The predicted molar refractivity (Wildman–Crippen MR) is 142 cm³/mol. The molecule has 0 bridgehead atoms. The van der Waals surface area contributed by atoms with Gasteiger partial charge in [0, 0.05) is 53.0 Å². The fourth-order valence-corrected chi connectivity index (χ4v) is 4.45. The van der Waals surface area contributed by atoms with Gasteiger partial charge >= 0.3 is 6.09 Å². The molecule has 0 atom stereocenters. The van der Waals surface area contributed by atoms with Gasteiger partial charge in [-0.3, -0.25) is 4.99 Å². The molecule has 0 aromatic heterocycles. The van der Waals surface area contributed by atoms with Crippen molar-refractivity contribution < 1.29 is 14.3 Å². The van der Waals surface area contributed by atoms with Crippen LogP contribution in [0.5, 0.6) is 0 Å². The molecule has 1 N–H and O–H groups in total. The lowest BCUT2D eigenvalue weighted by molar-refractivity contribution is 0.0214. The summed E-state index contributed by atoms with van der Waals surface area (Å²) in [7, 11) is 1.78. The van der Waals surface area contributed by atoms with Crippen LogP contribution in [-0.4, -0.2) is 80.4 Å². The van der Waals surface area contributed by atoms with Gasteiger partial charge in [0.05, 0.1) is 0 Å². The molecule has 32 heavy (non-hydrogen) atoms. The van der Waals surface area contributed by atoms with Crippen LogP contribution in [0.3, 0.4) is 0 Å². The molecule has 1 aliphatic carbocycles. The number of guanidine groups is 1. The number of methoxy groups -OCH3 is 1. The standard InChI is InChI=1S/C24H46N4O3.HI/c1-7-25-21(26-19-24(12-9-13-24)14-17-30-6)28-15-10-20(11-16-28)18-27(8-2)22(29)31-23(3,4)5;/h20H,7-19H2,1-6H3,(H,25,26);1H. The van der Waals surface area contributed by atoms with Crippen LogP contribution in [0.15, 0.2) is 4.99 Å². The third-order valence-corrected chi connectivity index (χ3v) is 6.58. The maximum absolute atomic E-state index is 12.5. The Balaban J connectivity index is 0.00000512. The first kappa shape index (κ1) is 29.3. The maximum atomic E-state index is 12.5. The van der Waals surface area contributed by atoms with Crippen molar-refractivity contribution in [1.29, 1.82) is 0 Å². The van der Waals surface area contributed by atoms with E-state index in [1.54, 1.807) is 7.11 Å². The van der Waals surface area contributed by atoms with Crippen LogP contribution >= 0.6 is 24.0 Å². The van der Waals surface area contributed by atoms with Gasteiger partial charge in [0.2, 0.25) is 0 Å². The minimum Gasteiger partial charge on any atom is -0.444 e. The Morgan fingerprint density at radius 2 is 1.88 bits per heavy atom. The first-order valence-electron chi connectivity index (χ1n) is 12.2. The third-order valence-electron chi connectivity index (χ3n) is 6.58. The number of hydrogen-bond acceptors (Lipinski definition) is 4. The zero-order chi connectivity index (χ0) is 22.9. The van der Waals surface area contributed by atoms with E-state index in [1.807, 2.05) is 32.6 Å². The number of rotatable bonds is 9. The Morgan fingerprint density at radius 3 is 2.34 bits per heavy atom. The van der Waals surface area contributed by atoms with Crippen molar-refractivity contribution in [3.05, 3.63) is 0 Å². The van der Waals surface area contributed by atoms with Crippen molar-refractivity contribution in [1.82, 2.24) is 15.1 Å². The fourth-order valence-electron chi connectivity index (χ4n) is 4.45. The van der Waals surface area contributed by atoms with Crippen LogP contribution in [0, 0.1) is 11.3 Å². The summed E-state index contributed by atoms with van der Waals surface area (Å²) in [5, 5.41) is 3.50. The Hall–Kier alpha value is -0.770. The minimum absolute atomic E-state index is 0. The summed E-state index contributed by atoms with van der Waals surface area (Å²) in [6, 6.07) is 0. The van der Waals surface area contributed by atoms with Crippen molar-refractivity contribution in [2.75, 3.05) is 53.0 Å². The van der Waals surface area contributed by atoms with Crippen LogP contribution in [0.25, 0.3) is 0 Å². The van der Waals surface area contributed by atoms with Crippen LogP contribution in [-0.2, 0) is 9.47 Å². The normalized spacial score (nSPS) is 19.1. The topological polar surface area (TPSA) is 66.4 Å². The van der Waals surface area contributed by atoms with Crippen LogP contribution in [0.2, 0.25) is 0 Å². The summed E-state index contributed by atoms with van der Waals surface area (Å²) in [4.78, 5) is 21.8. The van der Waals surface area contributed by atoms with Gasteiger partial charge in [0.15, 0.2) is 5.96 Å². The number of piperidine rings is 1. The highest BCUT2D eigenvalue weighted by atomic mass is 127. The molecule has 8 heteroatoms. The molecular formula is C24H47IN4O3. The number of nitrogens with one attached hydrogen (secondary N) is 1. The zero-order valence-electron chi connectivity index (χ0n) is 21.2. The van der Waals surface area contributed by atoms with Crippen molar-refractivity contribution in [3.63, 3.8) is 0 Å². The van der Waals surface area contributed by atoms with Crippen LogP contribution < -0.4 is 5.32 Å². The molecule has 1 aliphatic heterocycles. The Labute approximate surface area is 213 Å². The second-order valence-corrected chi connectivity index (χ2v) is 10.2. The summed E-state index contributed by atoms with van der Waals surface area (Å²) in [5.41, 5.74) is -0.115. The van der Waals surface area contributed by atoms with Gasteiger partial charge in [-0.15, -0.1) is 24.0 Å². The van der Waals surface area contributed by atoms with Crippen molar-refractivity contribution in [2.45, 2.75) is 78.7 Å². The van der Waals surface area contributed by atoms with Crippen molar-refractivity contribution in [2.24, 2.45) is 16.3 Å². The first-order valence-corrected chi connectivity index (χ1v) is 12.2. The summed E-state index contributed by atoms with van der Waals surface area (Å²) in [5.74, 6) is 1.55. The number of ether oxygens (including phenoxy) is 2. The summed E-state index contributed by atoms with van der Waals surface area (Å²) in [6.07, 6.45) is 6.88. The molecule has 1 saturated heterocycles. The van der Waals surface area contributed by atoms with E-state index >= 15 is 0 Å². The largest absolute Gasteiger partial charge is 0.444 e. The van der Waals surface area contributed by atoms with Gasteiger partial charge < -0.3 is 24.6 Å². The maximum Gasteiger partial charge on any atom is 0.410 e. The molecule has 0 spiro atoms. The van der Waals surface area contributed by atoms with E-state index in [9.17, 15) is 4.79 Å². The molecule has 0 radical (unpaired) electrons. The van der Waals surface area contributed by atoms with Crippen LogP contribution in [0.4, 0.5) is 4.79 Å². The number of aliphatic imine (C=N–C) groups is 1. The van der Waals surface area contributed by atoms with E-state index < -0.39 is 5.60 Å². The average Bonchev–Trinajstić information content (AvgIpc) is 2.69. The molecule has 1 amide bonds. The summed E-state index contributed by atoms with van der Waals surface area (Å²) >= 11 is 0. The predicted octanol–water partition coefficient (Wildman–Crippen LogP) is 4.75. The van der Waals surface area contributed by atoms with Gasteiger partial charge in [-0.1, -0.05) is 6.42 Å². The average molecular weight is 567 g/mol. The highest BCUT2D eigenvalue weighted by molar-refractivity contribution is 14.0. The molecule has 1 saturated carbocycles. The van der Waals surface area contributed by atoms with E-state index in [1.165, 1.54) is 19.3 Å². The molecule has 0 aromatic carbocycles. The Kier molecular flexibility index (Phi) is 12.6. The second kappa shape index (κ2) is 13.8. The molecule has 7 nitrogen and oxygen atoms in total. The number of hydrogen-bond donors (Lipinski definition) is 1. The lowest BCUT2D eigenvalue weighted by atomic mass is 9.67. The highest BCUT2D eigenvalue weighted by Gasteiger charge is 2.36. The first-order chi connectivity index (χ1) is 14.7. The van der Waals surface area contributed by atoms with Crippen molar-refractivity contribution in [3.8, 4) is 0 Å². The second-order valence-electron chi connectivity index (χ2n) is 10.2. The molecular weight excluding hydrogens is 519 g/mol. The number of carbonyl (C=O) groups is 1. The molecule has 2 rings (SSSR count). The lowest BCUT2D eigenvalue weighted by Crippen LogP contribution is -2.48. The number of amides is 1. The van der Waals surface area contributed by atoms with Gasteiger partial charge in [-0.05, 0) is 78.1 Å². The molecule has 0 aromatic rings. The molecule has 2 fully saturated rings. The minimum atomic E-state index is -0.452. The fraction of sp³-hybridized carbons (Fsp3) is 0.917. The monoisotopic (exact) mass is 566 g/mol. The molecule has 1 heterocycles. The quantitative estimate of drug-likeness (QED) is 0.248. The Morgan fingerprint density at radius 1 is 1.22 bits per heavy atom.